The second-order valence-corrected chi connectivity index (χ2v) is 2.80. The van der Waals surface area contributed by atoms with Gasteiger partial charge in [-0.2, -0.15) is 0 Å². The fourth-order valence-electron chi connectivity index (χ4n) is 0.898. The summed E-state index contributed by atoms with van der Waals surface area (Å²) in [4.78, 5) is 9.00. The summed E-state index contributed by atoms with van der Waals surface area (Å²) in [6, 6.07) is 4.88. The average molecular weight is 210 g/mol. The summed E-state index contributed by atoms with van der Waals surface area (Å²) in [5, 5.41) is 25.7. The third-order valence-electron chi connectivity index (χ3n) is 1.46. The van der Waals surface area contributed by atoms with Crippen LogP contribution in [-0.2, 0) is 11.2 Å². The minimum absolute atomic E-state index is 0.0487. The van der Waals surface area contributed by atoms with Crippen LogP contribution in [0.3, 0.4) is 0 Å². The average Bonchev–Trinajstić information content (AvgIpc) is 2.12. The maximum Gasteiger partial charge on any atom is 0.300 e. The number of carbonyl (C=O) groups is 1. The summed E-state index contributed by atoms with van der Waals surface area (Å²) in [5.41, 5.74) is 0.694. The number of benzene rings is 1. The highest BCUT2D eigenvalue weighted by molar-refractivity contribution is 5.62. The van der Waals surface area contributed by atoms with Gasteiger partial charge < -0.3 is 15.3 Å². The van der Waals surface area contributed by atoms with Crippen molar-refractivity contribution in [1.29, 1.82) is 0 Å². The Morgan fingerprint density at radius 3 is 2.47 bits per heavy atom. The first kappa shape index (κ1) is 13.0. The quantitative estimate of drug-likeness (QED) is 0.514. The normalized spacial score (nSPS) is 8.60. The molecule has 1 aromatic rings. The van der Waals surface area contributed by atoms with E-state index < -0.39 is 5.97 Å². The second-order valence-electron chi connectivity index (χ2n) is 2.80. The Kier molecular flexibility index (Phi) is 5.63. The molecule has 0 fully saturated rings. The largest absolute Gasteiger partial charge is 0.504 e. The smallest absolute Gasteiger partial charge is 0.300 e. The first-order valence-corrected chi connectivity index (χ1v) is 4.29. The van der Waals surface area contributed by atoms with Gasteiger partial charge in [-0.15, -0.1) is 6.58 Å². The van der Waals surface area contributed by atoms with Crippen LogP contribution in [0.25, 0.3) is 0 Å². The maximum absolute atomic E-state index is 9.23. The molecule has 1 rings (SSSR count). The first-order valence-electron chi connectivity index (χ1n) is 4.29. The number of aliphatic carboxylic acids is 1. The van der Waals surface area contributed by atoms with Crippen molar-refractivity contribution in [1.82, 2.24) is 0 Å². The van der Waals surface area contributed by atoms with E-state index >= 15 is 0 Å². The minimum Gasteiger partial charge on any atom is -0.504 e. The lowest BCUT2D eigenvalue weighted by Gasteiger charge is -2.01. The lowest BCUT2D eigenvalue weighted by atomic mass is 10.1. The lowest BCUT2D eigenvalue weighted by molar-refractivity contribution is -0.134. The number of allylic oxidation sites excluding steroid dienone is 1. The fourth-order valence-corrected chi connectivity index (χ4v) is 0.898. The van der Waals surface area contributed by atoms with Crippen molar-refractivity contribution in [3.05, 3.63) is 36.4 Å². The van der Waals surface area contributed by atoms with E-state index in [0.29, 0.717) is 12.0 Å². The SMILES string of the molecule is C=CCc1cccc(O)c1O.CC(=O)O. The number of hydrogen-bond acceptors (Lipinski definition) is 3. The fraction of sp³-hybridized carbons (Fsp3) is 0.182. The molecule has 0 saturated heterocycles. The molecular weight excluding hydrogens is 196 g/mol. The third kappa shape index (κ3) is 5.36. The maximum atomic E-state index is 9.23. The molecule has 0 saturated carbocycles. The third-order valence-corrected chi connectivity index (χ3v) is 1.46. The van der Waals surface area contributed by atoms with Gasteiger partial charge in [0.15, 0.2) is 11.5 Å². The van der Waals surface area contributed by atoms with E-state index in [2.05, 4.69) is 6.58 Å². The van der Waals surface area contributed by atoms with Gasteiger partial charge in [0.1, 0.15) is 0 Å². The molecule has 0 aromatic heterocycles. The highest BCUT2D eigenvalue weighted by atomic mass is 16.4. The van der Waals surface area contributed by atoms with Gasteiger partial charge in [-0.3, -0.25) is 4.79 Å². The summed E-state index contributed by atoms with van der Waals surface area (Å²) in [6.07, 6.45) is 2.24. The number of phenolic OH excluding ortho intramolecular Hbond substituents is 2. The van der Waals surface area contributed by atoms with Gasteiger partial charge in [0.2, 0.25) is 0 Å². The summed E-state index contributed by atoms with van der Waals surface area (Å²) in [7, 11) is 0. The van der Waals surface area contributed by atoms with E-state index in [4.69, 9.17) is 15.0 Å². The summed E-state index contributed by atoms with van der Waals surface area (Å²) in [5.74, 6) is -0.961. The zero-order chi connectivity index (χ0) is 11.8. The molecule has 0 aliphatic heterocycles. The van der Waals surface area contributed by atoms with Crippen molar-refractivity contribution in [2.24, 2.45) is 0 Å². The molecule has 0 atom stereocenters. The van der Waals surface area contributed by atoms with Crippen molar-refractivity contribution in [3.63, 3.8) is 0 Å². The van der Waals surface area contributed by atoms with Crippen molar-refractivity contribution in [3.8, 4) is 11.5 Å². The minimum atomic E-state index is -0.833. The summed E-state index contributed by atoms with van der Waals surface area (Å²) in [6.45, 7) is 4.62. The lowest BCUT2D eigenvalue weighted by Crippen LogP contribution is -1.81. The van der Waals surface area contributed by atoms with Crippen LogP contribution in [0.5, 0.6) is 11.5 Å². The van der Waals surface area contributed by atoms with Gasteiger partial charge in [0.05, 0.1) is 0 Å². The molecule has 0 spiro atoms. The number of aromatic hydroxyl groups is 2. The Morgan fingerprint density at radius 2 is 2.00 bits per heavy atom. The first-order chi connectivity index (χ1) is 6.99. The molecule has 0 unspecified atom stereocenters. The van der Waals surface area contributed by atoms with Crippen molar-refractivity contribution in [2.45, 2.75) is 13.3 Å². The molecule has 0 heterocycles. The molecule has 0 aliphatic rings. The Bertz CT molecular complexity index is 340. The summed E-state index contributed by atoms with van der Waals surface area (Å²) < 4.78 is 0. The molecule has 4 nitrogen and oxygen atoms in total. The number of carboxylic acids is 1. The van der Waals surface area contributed by atoms with Crippen LogP contribution in [-0.4, -0.2) is 21.3 Å². The molecule has 0 aliphatic carbocycles. The molecule has 4 heteroatoms. The molecular formula is C11H14O4. The van der Waals surface area contributed by atoms with Crippen molar-refractivity contribution < 1.29 is 20.1 Å². The van der Waals surface area contributed by atoms with Crippen LogP contribution < -0.4 is 0 Å². The topological polar surface area (TPSA) is 77.8 Å². The van der Waals surface area contributed by atoms with Gasteiger partial charge in [-0.1, -0.05) is 18.2 Å². The van der Waals surface area contributed by atoms with Crippen LogP contribution in [0.4, 0.5) is 0 Å². The van der Waals surface area contributed by atoms with Crippen LogP contribution in [0.1, 0.15) is 12.5 Å². The van der Waals surface area contributed by atoms with E-state index in [1.165, 1.54) is 6.07 Å². The standard InChI is InChI=1S/C9H10O2.C2H4O2/c1-2-4-7-5-3-6-8(10)9(7)11;1-2(3)4/h2-3,5-6,10-11H,1,4H2;1H3,(H,3,4). The molecule has 82 valence electrons. The van der Waals surface area contributed by atoms with E-state index in [-0.39, 0.29) is 11.5 Å². The van der Waals surface area contributed by atoms with Crippen molar-refractivity contribution in [2.75, 3.05) is 0 Å². The molecule has 0 amide bonds. The molecule has 0 bridgehead atoms. The van der Waals surface area contributed by atoms with E-state index in [0.717, 1.165) is 6.92 Å². The van der Waals surface area contributed by atoms with Gasteiger partial charge in [0, 0.05) is 12.5 Å². The van der Waals surface area contributed by atoms with Crippen LogP contribution in [0.2, 0.25) is 0 Å². The van der Waals surface area contributed by atoms with Gasteiger partial charge in [-0.25, -0.2) is 0 Å². The Morgan fingerprint density at radius 1 is 1.47 bits per heavy atom. The van der Waals surface area contributed by atoms with Crippen LogP contribution >= 0.6 is 0 Å². The molecule has 15 heavy (non-hydrogen) atoms. The van der Waals surface area contributed by atoms with E-state index in [9.17, 15) is 5.11 Å². The molecule has 0 radical (unpaired) electrons. The number of carboxylic acid groups (broad SMARTS) is 1. The van der Waals surface area contributed by atoms with Gasteiger partial charge in [-0.05, 0) is 12.5 Å². The highest BCUT2D eigenvalue weighted by Gasteiger charge is 2.02. The van der Waals surface area contributed by atoms with Crippen molar-refractivity contribution >= 4 is 5.97 Å². The predicted molar refractivity (Wildman–Crippen MR) is 57.0 cm³/mol. The Hall–Kier alpha value is -1.97. The number of phenols is 2. The van der Waals surface area contributed by atoms with Gasteiger partial charge in [0.25, 0.3) is 5.97 Å². The van der Waals surface area contributed by atoms with E-state index in [1.54, 1.807) is 18.2 Å². The number of para-hydroxylation sites is 1. The highest BCUT2D eigenvalue weighted by Crippen LogP contribution is 2.28. The molecule has 3 N–H and O–H groups in total. The van der Waals surface area contributed by atoms with E-state index in [1.807, 2.05) is 0 Å². The number of hydrogen-bond donors (Lipinski definition) is 3. The Balaban J connectivity index is 0.000000423. The van der Waals surface area contributed by atoms with Crippen LogP contribution in [0, 0.1) is 0 Å². The molecule has 1 aromatic carbocycles. The predicted octanol–water partition coefficient (Wildman–Crippen LogP) is 1.92. The summed E-state index contributed by atoms with van der Waals surface area (Å²) >= 11 is 0. The number of rotatable bonds is 2. The Labute approximate surface area is 88.1 Å². The zero-order valence-electron chi connectivity index (χ0n) is 8.47. The second kappa shape index (κ2) is 6.48. The monoisotopic (exact) mass is 210 g/mol. The van der Waals surface area contributed by atoms with Crippen LogP contribution in [0.15, 0.2) is 30.9 Å². The van der Waals surface area contributed by atoms with Gasteiger partial charge >= 0.3 is 0 Å². The zero-order valence-corrected chi connectivity index (χ0v) is 8.47.